The van der Waals surface area contributed by atoms with E-state index in [0.717, 1.165) is 81.9 Å². The van der Waals surface area contributed by atoms with Crippen LogP contribution in [0.2, 0.25) is 0 Å². The monoisotopic (exact) mass is 736 g/mol. The predicted octanol–water partition coefficient (Wildman–Crippen LogP) is 2.34. The zero-order valence-electron chi connectivity index (χ0n) is 28.2. The average molecular weight is 737 g/mol. The van der Waals surface area contributed by atoms with Crippen molar-refractivity contribution >= 4 is 5.91 Å². The van der Waals surface area contributed by atoms with Crippen molar-refractivity contribution in [2.24, 2.45) is 46.3 Å². The van der Waals surface area contributed by atoms with Crippen LogP contribution in [0.5, 0.6) is 0 Å². The number of benzene rings is 1. The fraction of sp³-hybridized carbons (Fsp3) is 0.816. The molecule has 0 bridgehead atoms. The van der Waals surface area contributed by atoms with Gasteiger partial charge in [0.25, 0.3) is 0 Å². The summed E-state index contributed by atoms with van der Waals surface area (Å²) >= 11 is 0. The number of quaternary nitrogens is 1. The van der Waals surface area contributed by atoms with Crippen molar-refractivity contribution in [1.82, 2.24) is 5.32 Å². The van der Waals surface area contributed by atoms with E-state index in [4.69, 9.17) is 0 Å². The molecular formula is C38H61IN2O4. The predicted molar refractivity (Wildman–Crippen MR) is 175 cm³/mol. The van der Waals surface area contributed by atoms with Gasteiger partial charge in [-0.25, -0.2) is 0 Å². The molecule has 0 aromatic heterocycles. The van der Waals surface area contributed by atoms with E-state index in [1.54, 1.807) is 0 Å². The van der Waals surface area contributed by atoms with Gasteiger partial charge in [0.15, 0.2) is 0 Å². The summed E-state index contributed by atoms with van der Waals surface area (Å²) in [5, 5.41) is 37.1. The molecule has 1 saturated heterocycles. The summed E-state index contributed by atoms with van der Waals surface area (Å²) in [7, 11) is 0. The van der Waals surface area contributed by atoms with Crippen LogP contribution in [-0.4, -0.2) is 76.7 Å². The van der Waals surface area contributed by atoms with Gasteiger partial charge in [-0.15, -0.1) is 0 Å². The molecule has 1 amide bonds. The summed E-state index contributed by atoms with van der Waals surface area (Å²) in [5.74, 6) is 2.14. The van der Waals surface area contributed by atoms with E-state index in [9.17, 15) is 20.1 Å². The number of nitrogens with zero attached hydrogens (tertiary/aromatic N) is 1. The Morgan fingerprint density at radius 3 is 2.44 bits per heavy atom. The second kappa shape index (κ2) is 14.4. The van der Waals surface area contributed by atoms with Crippen molar-refractivity contribution in [3.8, 4) is 0 Å². The number of aliphatic hydroxyl groups excluding tert-OH is 3. The number of halogens is 1. The topological polar surface area (TPSA) is 89.8 Å². The van der Waals surface area contributed by atoms with Crippen LogP contribution in [0.15, 0.2) is 30.3 Å². The zero-order valence-corrected chi connectivity index (χ0v) is 30.3. The first-order chi connectivity index (χ1) is 21.1. The second-order valence-corrected chi connectivity index (χ2v) is 16.6. The first-order valence-corrected chi connectivity index (χ1v) is 18.3. The molecule has 6 nitrogen and oxygen atoms in total. The minimum atomic E-state index is -0.372. The lowest BCUT2D eigenvalue weighted by atomic mass is 9.43. The third-order valence-corrected chi connectivity index (χ3v) is 14.5. The van der Waals surface area contributed by atoms with Crippen LogP contribution < -0.4 is 29.3 Å². The Hall–Kier alpha value is -0.740. The maximum Gasteiger partial charge on any atom is 0.220 e. The first kappa shape index (κ1) is 35.6. The number of hydrogen-bond donors (Lipinski definition) is 4. The summed E-state index contributed by atoms with van der Waals surface area (Å²) in [5.41, 5.74) is 1.30. The van der Waals surface area contributed by atoms with Crippen LogP contribution in [0.25, 0.3) is 0 Å². The number of likely N-dealkylation sites (tertiary alicyclic amines) is 1. The molecule has 6 rings (SSSR count). The Kier molecular flexibility index (Phi) is 11.4. The van der Waals surface area contributed by atoms with E-state index in [1.807, 2.05) is 0 Å². The van der Waals surface area contributed by atoms with E-state index < -0.39 is 0 Å². The summed E-state index contributed by atoms with van der Waals surface area (Å²) in [6.45, 7) is 12.4. The average Bonchev–Trinajstić information content (AvgIpc) is 3.62. The summed E-state index contributed by atoms with van der Waals surface area (Å²) in [4.78, 5) is 13.1. The van der Waals surface area contributed by atoms with E-state index in [0.29, 0.717) is 36.0 Å². The lowest BCUT2D eigenvalue weighted by Gasteiger charge is -2.63. The van der Waals surface area contributed by atoms with Crippen molar-refractivity contribution in [1.29, 1.82) is 0 Å². The summed E-state index contributed by atoms with van der Waals surface area (Å²) in [6.07, 6.45) is 10.5. The Labute approximate surface area is 289 Å². The number of fused-ring (bicyclic) bond motifs is 5. The van der Waals surface area contributed by atoms with Gasteiger partial charge in [-0.1, -0.05) is 51.1 Å². The summed E-state index contributed by atoms with van der Waals surface area (Å²) < 4.78 is 1.12. The molecule has 5 fully saturated rings. The van der Waals surface area contributed by atoms with Gasteiger partial charge in [-0.05, 0) is 103 Å². The Balaban J connectivity index is 0.00000400. The number of amides is 1. The van der Waals surface area contributed by atoms with Gasteiger partial charge in [0, 0.05) is 25.7 Å². The molecule has 0 radical (unpaired) electrons. The van der Waals surface area contributed by atoms with Gasteiger partial charge in [-0.3, -0.25) is 4.79 Å². The van der Waals surface area contributed by atoms with Crippen LogP contribution in [-0.2, 0) is 11.2 Å². The van der Waals surface area contributed by atoms with Gasteiger partial charge in [0.2, 0.25) is 5.91 Å². The smallest absolute Gasteiger partial charge is 0.220 e. The fourth-order valence-corrected chi connectivity index (χ4v) is 11.8. The van der Waals surface area contributed by atoms with Gasteiger partial charge >= 0.3 is 0 Å². The number of aliphatic hydroxyl groups is 3. The van der Waals surface area contributed by atoms with Crippen molar-refractivity contribution in [2.75, 3.05) is 32.7 Å². The molecule has 1 aromatic rings. The fourth-order valence-electron chi connectivity index (χ4n) is 11.8. The lowest BCUT2D eigenvalue weighted by molar-refractivity contribution is -0.915. The Morgan fingerprint density at radius 1 is 0.978 bits per heavy atom. The molecule has 45 heavy (non-hydrogen) atoms. The van der Waals surface area contributed by atoms with Crippen molar-refractivity contribution in [3.05, 3.63) is 35.9 Å². The van der Waals surface area contributed by atoms with Crippen LogP contribution in [0.3, 0.4) is 0 Å². The molecule has 1 aliphatic heterocycles. The molecule has 254 valence electrons. The molecule has 5 aliphatic rings. The molecule has 4 saturated carbocycles. The van der Waals surface area contributed by atoms with E-state index in [2.05, 4.69) is 56.4 Å². The normalized spacial score (nSPS) is 40.8. The molecule has 1 heterocycles. The number of rotatable bonds is 10. The lowest BCUT2D eigenvalue weighted by Crippen LogP contribution is -3.00. The zero-order chi connectivity index (χ0) is 31.1. The number of carbonyl (C=O) groups excluding carboxylic acids is 1. The third kappa shape index (κ3) is 6.91. The van der Waals surface area contributed by atoms with E-state index in [1.165, 1.54) is 31.5 Å². The largest absolute Gasteiger partial charge is 1.00 e. The van der Waals surface area contributed by atoms with Crippen LogP contribution in [0.4, 0.5) is 0 Å². The quantitative estimate of drug-likeness (QED) is 0.220. The molecule has 7 heteroatoms. The second-order valence-electron chi connectivity index (χ2n) is 16.6. The van der Waals surface area contributed by atoms with Crippen LogP contribution >= 0.6 is 0 Å². The molecule has 0 spiro atoms. The van der Waals surface area contributed by atoms with Crippen LogP contribution in [0, 0.1) is 46.3 Å². The standard InChI is InChI=1S/C38H60N2O4.HI/c1-26(11-14-35(44)39-18-22-40(19-7-8-20-40)21-16-27-9-5-4-6-10-27)30-12-13-31-36-32(25-34(43)38(30,31)3)37(2)17-15-29(41)23-28(37)24-33(36)42;/h4-6,9-10,26,28-34,36,41-43H,7-8,11-25H2,1-3H3;1H/t26-,28?,29-,30-,31?,32?,33-,34+,36?,37+,38-;/m1./s1. The maximum atomic E-state index is 13.1. The molecule has 4 aliphatic carbocycles. The van der Waals surface area contributed by atoms with E-state index >= 15 is 0 Å². The number of nitrogens with one attached hydrogen (secondary N) is 1. The highest BCUT2D eigenvalue weighted by molar-refractivity contribution is 5.75. The number of carbonyl (C=O) groups is 1. The van der Waals surface area contributed by atoms with Gasteiger partial charge < -0.3 is 49.1 Å². The SMILES string of the molecule is C[C@H](CCC(=O)NCC[N+]1(CCc2ccccc2)CCCC1)[C@H]1CCC2C3C(C[C@H](O)[C@@]21C)[C@@]1(C)CC[C@@H](O)CC1C[C@H]3O.[I-]. The van der Waals surface area contributed by atoms with Crippen molar-refractivity contribution in [3.63, 3.8) is 0 Å². The van der Waals surface area contributed by atoms with Gasteiger partial charge in [-0.2, -0.15) is 0 Å². The van der Waals surface area contributed by atoms with Gasteiger partial charge in [0.1, 0.15) is 0 Å². The Bertz CT molecular complexity index is 1130. The third-order valence-electron chi connectivity index (χ3n) is 14.5. The van der Waals surface area contributed by atoms with E-state index in [-0.39, 0.29) is 64.9 Å². The molecule has 4 unspecified atom stereocenters. The maximum absolute atomic E-state index is 13.1. The molecule has 1 aromatic carbocycles. The summed E-state index contributed by atoms with van der Waals surface area (Å²) in [6, 6.07) is 10.8. The number of hydrogen-bond acceptors (Lipinski definition) is 4. The first-order valence-electron chi connectivity index (χ1n) is 18.3. The minimum Gasteiger partial charge on any atom is -1.00 e. The Morgan fingerprint density at radius 2 is 1.71 bits per heavy atom. The molecule has 11 atom stereocenters. The van der Waals surface area contributed by atoms with Gasteiger partial charge in [0.05, 0.1) is 51.0 Å². The highest BCUT2D eigenvalue weighted by atomic mass is 127. The highest BCUT2D eigenvalue weighted by Gasteiger charge is 2.65. The van der Waals surface area contributed by atoms with Crippen LogP contribution in [0.1, 0.15) is 97.0 Å². The minimum absolute atomic E-state index is 0. The molecule has 4 N–H and O–H groups in total. The molecular weight excluding hydrogens is 675 g/mol. The highest BCUT2D eigenvalue weighted by Crippen LogP contribution is 2.68. The van der Waals surface area contributed by atoms with Crippen molar-refractivity contribution < 1.29 is 48.6 Å². The van der Waals surface area contributed by atoms with Crippen molar-refractivity contribution in [2.45, 2.75) is 116 Å².